The van der Waals surface area contributed by atoms with Gasteiger partial charge in [-0.15, -0.1) is 0 Å². The van der Waals surface area contributed by atoms with E-state index in [4.69, 9.17) is 4.74 Å². The van der Waals surface area contributed by atoms with Crippen LogP contribution in [-0.2, 0) is 0 Å². The number of hydrogen-bond acceptors (Lipinski definition) is 1. The van der Waals surface area contributed by atoms with E-state index in [-0.39, 0.29) is 38.2 Å². The predicted octanol–water partition coefficient (Wildman–Crippen LogP) is 8.03. The van der Waals surface area contributed by atoms with E-state index in [9.17, 15) is 8.78 Å². The summed E-state index contributed by atoms with van der Waals surface area (Å²) in [6.07, 6.45) is 0. The standard InChI is InChI=1S/C27H15F5O/c1-33-16-8-5-14(6-9-16)24-25-17(3-2-4-19(25)29)23(15-7-10-18(28)22(32)13-15)26-20(30)11-12-21(31)27(24)26/h2-13H,1H3. The van der Waals surface area contributed by atoms with Crippen LogP contribution in [0.25, 0.3) is 43.8 Å². The van der Waals surface area contributed by atoms with E-state index < -0.39 is 29.1 Å². The lowest BCUT2D eigenvalue weighted by atomic mass is 9.85. The number of benzene rings is 5. The summed E-state index contributed by atoms with van der Waals surface area (Å²) in [5.74, 6) is -3.90. The van der Waals surface area contributed by atoms with Gasteiger partial charge >= 0.3 is 0 Å². The molecule has 0 bridgehead atoms. The molecular weight excluding hydrogens is 435 g/mol. The predicted molar refractivity (Wildman–Crippen MR) is 119 cm³/mol. The van der Waals surface area contributed by atoms with Gasteiger partial charge in [0.25, 0.3) is 0 Å². The van der Waals surface area contributed by atoms with Crippen molar-refractivity contribution in [2.75, 3.05) is 7.11 Å². The van der Waals surface area contributed by atoms with Crippen LogP contribution in [0.1, 0.15) is 0 Å². The van der Waals surface area contributed by atoms with Crippen LogP contribution in [-0.4, -0.2) is 7.11 Å². The van der Waals surface area contributed by atoms with Crippen molar-refractivity contribution in [3.63, 3.8) is 0 Å². The van der Waals surface area contributed by atoms with Gasteiger partial charge in [0.15, 0.2) is 11.6 Å². The molecular formula is C27H15F5O. The molecule has 5 rings (SSSR count). The van der Waals surface area contributed by atoms with Crippen molar-refractivity contribution in [2.24, 2.45) is 0 Å². The molecule has 0 saturated carbocycles. The third kappa shape index (κ3) is 3.30. The van der Waals surface area contributed by atoms with Gasteiger partial charge in [0.05, 0.1) is 7.11 Å². The van der Waals surface area contributed by atoms with Crippen molar-refractivity contribution in [2.45, 2.75) is 0 Å². The third-order valence-electron chi connectivity index (χ3n) is 5.72. The zero-order valence-corrected chi connectivity index (χ0v) is 17.2. The molecule has 33 heavy (non-hydrogen) atoms. The van der Waals surface area contributed by atoms with E-state index >= 15 is 13.2 Å². The van der Waals surface area contributed by atoms with Crippen LogP contribution in [0, 0.1) is 29.1 Å². The van der Waals surface area contributed by atoms with Crippen molar-refractivity contribution in [3.8, 4) is 28.0 Å². The quantitative estimate of drug-likeness (QED) is 0.200. The van der Waals surface area contributed by atoms with Crippen molar-refractivity contribution < 1.29 is 26.7 Å². The minimum atomic E-state index is -1.15. The highest BCUT2D eigenvalue weighted by atomic mass is 19.2. The first-order valence-corrected chi connectivity index (χ1v) is 10.0. The molecule has 0 radical (unpaired) electrons. The molecule has 0 atom stereocenters. The van der Waals surface area contributed by atoms with Gasteiger partial charge in [0, 0.05) is 27.3 Å². The maximum atomic E-state index is 15.3. The maximum absolute atomic E-state index is 15.3. The van der Waals surface area contributed by atoms with E-state index in [0.717, 1.165) is 24.3 Å². The normalized spacial score (nSPS) is 11.3. The topological polar surface area (TPSA) is 9.23 Å². The van der Waals surface area contributed by atoms with Gasteiger partial charge in [-0.3, -0.25) is 0 Å². The van der Waals surface area contributed by atoms with Crippen LogP contribution in [0.15, 0.2) is 72.8 Å². The first-order chi connectivity index (χ1) is 15.9. The lowest BCUT2D eigenvalue weighted by Gasteiger charge is -2.19. The maximum Gasteiger partial charge on any atom is 0.159 e. The lowest BCUT2D eigenvalue weighted by Crippen LogP contribution is -1.98. The SMILES string of the molecule is COc1ccc(-c2c3c(F)cccc3c(-c3ccc(F)c(F)c3)c3c(F)ccc(F)c23)cc1. The van der Waals surface area contributed by atoms with Crippen molar-refractivity contribution in [1.29, 1.82) is 0 Å². The molecule has 6 heteroatoms. The van der Waals surface area contributed by atoms with E-state index in [1.165, 1.54) is 25.3 Å². The third-order valence-corrected chi connectivity index (χ3v) is 5.72. The summed E-state index contributed by atoms with van der Waals surface area (Å²) in [4.78, 5) is 0. The zero-order valence-electron chi connectivity index (χ0n) is 17.2. The number of fused-ring (bicyclic) bond motifs is 2. The summed E-state index contributed by atoms with van der Waals surface area (Å²) in [7, 11) is 1.49. The van der Waals surface area contributed by atoms with Crippen molar-refractivity contribution >= 4 is 21.5 Å². The average Bonchev–Trinajstić information content (AvgIpc) is 2.82. The largest absolute Gasteiger partial charge is 0.497 e. The monoisotopic (exact) mass is 450 g/mol. The highest BCUT2D eigenvalue weighted by molar-refractivity contribution is 6.21. The molecule has 0 aliphatic rings. The van der Waals surface area contributed by atoms with Crippen LogP contribution in [0.3, 0.4) is 0 Å². The van der Waals surface area contributed by atoms with Crippen LogP contribution in [0.2, 0.25) is 0 Å². The zero-order chi connectivity index (χ0) is 23.3. The number of hydrogen-bond donors (Lipinski definition) is 0. The summed E-state index contributed by atoms with van der Waals surface area (Å²) >= 11 is 0. The fraction of sp³-hybridized carbons (Fsp3) is 0.0370. The first kappa shape index (κ1) is 20.9. The molecule has 0 unspecified atom stereocenters. The Hall–Kier alpha value is -3.93. The highest BCUT2D eigenvalue weighted by Gasteiger charge is 2.24. The lowest BCUT2D eigenvalue weighted by molar-refractivity contribution is 0.415. The Morgan fingerprint density at radius 1 is 0.515 bits per heavy atom. The van der Waals surface area contributed by atoms with Gasteiger partial charge in [-0.05, 0) is 59.0 Å². The van der Waals surface area contributed by atoms with Gasteiger partial charge in [-0.1, -0.05) is 30.3 Å². The Bertz CT molecular complexity index is 1540. The number of rotatable bonds is 3. The van der Waals surface area contributed by atoms with Crippen molar-refractivity contribution in [1.82, 2.24) is 0 Å². The summed E-state index contributed by atoms with van der Waals surface area (Å²) in [5, 5.41) is -0.0225. The van der Waals surface area contributed by atoms with Gasteiger partial charge in [-0.25, -0.2) is 22.0 Å². The highest BCUT2D eigenvalue weighted by Crippen LogP contribution is 2.46. The van der Waals surface area contributed by atoms with E-state index in [1.807, 2.05) is 0 Å². The van der Waals surface area contributed by atoms with Gasteiger partial charge in [0.1, 0.15) is 23.2 Å². The van der Waals surface area contributed by atoms with Gasteiger partial charge in [0.2, 0.25) is 0 Å². The molecule has 164 valence electrons. The first-order valence-electron chi connectivity index (χ1n) is 10.0. The summed E-state index contributed by atoms with van der Waals surface area (Å²) < 4.78 is 78.8. The smallest absolute Gasteiger partial charge is 0.159 e. The summed E-state index contributed by atoms with van der Waals surface area (Å²) in [6, 6.07) is 15.7. The van der Waals surface area contributed by atoms with Crippen LogP contribution >= 0.6 is 0 Å². The average molecular weight is 450 g/mol. The molecule has 0 aliphatic carbocycles. The second-order valence-electron chi connectivity index (χ2n) is 7.55. The molecule has 0 N–H and O–H groups in total. The number of halogens is 5. The van der Waals surface area contributed by atoms with Crippen LogP contribution in [0.4, 0.5) is 22.0 Å². The molecule has 5 aromatic rings. The second kappa shape index (κ2) is 7.89. The number of methoxy groups -OCH3 is 1. The van der Waals surface area contributed by atoms with E-state index in [0.29, 0.717) is 11.3 Å². The Kier molecular flexibility index (Phi) is 5.01. The van der Waals surface area contributed by atoms with Gasteiger partial charge < -0.3 is 4.74 Å². The molecule has 5 aromatic carbocycles. The molecule has 0 heterocycles. The minimum Gasteiger partial charge on any atom is -0.497 e. The van der Waals surface area contributed by atoms with Crippen molar-refractivity contribution in [3.05, 3.63) is 102 Å². The van der Waals surface area contributed by atoms with Gasteiger partial charge in [-0.2, -0.15) is 0 Å². The number of ether oxygens (including phenoxy) is 1. The molecule has 0 saturated heterocycles. The minimum absolute atomic E-state index is 0.0411. The molecule has 0 aromatic heterocycles. The van der Waals surface area contributed by atoms with Crippen LogP contribution < -0.4 is 4.74 Å². The van der Waals surface area contributed by atoms with E-state index in [1.54, 1.807) is 30.3 Å². The Morgan fingerprint density at radius 2 is 1.09 bits per heavy atom. The molecule has 0 amide bonds. The van der Waals surface area contributed by atoms with Crippen LogP contribution in [0.5, 0.6) is 5.75 Å². The Morgan fingerprint density at radius 3 is 1.73 bits per heavy atom. The summed E-state index contributed by atoms with van der Waals surface area (Å²) in [6.45, 7) is 0. The molecule has 0 aliphatic heterocycles. The second-order valence-corrected chi connectivity index (χ2v) is 7.55. The molecule has 0 spiro atoms. The Balaban J connectivity index is 2.04. The Labute approximate surface area is 185 Å². The molecule has 1 nitrogen and oxygen atoms in total. The fourth-order valence-corrected chi connectivity index (χ4v) is 4.28. The molecule has 0 fully saturated rings. The van der Waals surface area contributed by atoms with E-state index in [2.05, 4.69) is 0 Å². The fourth-order valence-electron chi connectivity index (χ4n) is 4.28. The summed E-state index contributed by atoms with van der Waals surface area (Å²) in [5.41, 5.74) is 0.772.